The van der Waals surface area contributed by atoms with Crippen LogP contribution in [-0.2, 0) is 11.3 Å². The molecule has 4 heteroatoms. The predicted molar refractivity (Wildman–Crippen MR) is 97.8 cm³/mol. The van der Waals surface area contributed by atoms with E-state index in [1.807, 2.05) is 12.1 Å². The van der Waals surface area contributed by atoms with Gasteiger partial charge in [-0.1, -0.05) is 26.8 Å². The third-order valence-electron chi connectivity index (χ3n) is 6.06. The van der Waals surface area contributed by atoms with Crippen LogP contribution < -0.4 is 0 Å². The lowest BCUT2D eigenvalue weighted by Crippen LogP contribution is -2.66. The third kappa shape index (κ3) is 2.76. The summed E-state index contributed by atoms with van der Waals surface area (Å²) in [4.78, 5) is 7.06. The van der Waals surface area contributed by atoms with Crippen molar-refractivity contribution in [2.75, 3.05) is 13.2 Å². The van der Waals surface area contributed by atoms with E-state index < -0.39 is 0 Å². The van der Waals surface area contributed by atoms with Gasteiger partial charge in [-0.05, 0) is 43.1 Å². The first-order chi connectivity index (χ1) is 12.0. The second-order valence-electron chi connectivity index (χ2n) is 8.12. The van der Waals surface area contributed by atoms with Crippen LogP contribution in [0, 0.1) is 17.2 Å². The van der Waals surface area contributed by atoms with Crippen LogP contribution >= 0.6 is 0 Å². The smallest absolute Gasteiger partial charge is 0.124 e. The predicted octanol–water partition coefficient (Wildman–Crippen LogP) is 4.40. The number of fused-ring (bicyclic) bond motifs is 2. The Morgan fingerprint density at radius 1 is 1.36 bits per heavy atom. The van der Waals surface area contributed by atoms with E-state index in [1.54, 1.807) is 18.3 Å². The maximum atomic E-state index is 14.1. The normalized spacial score (nSPS) is 27.5. The molecule has 1 saturated heterocycles. The monoisotopic (exact) mass is 342 g/mol. The molecule has 0 radical (unpaired) electrons. The van der Waals surface area contributed by atoms with Gasteiger partial charge in [0, 0.05) is 42.1 Å². The molecule has 0 amide bonds. The molecule has 2 aliphatic rings. The van der Waals surface area contributed by atoms with Crippen LogP contribution in [0.4, 0.5) is 4.39 Å². The maximum absolute atomic E-state index is 14.1. The summed E-state index contributed by atoms with van der Waals surface area (Å²) in [5.74, 6) is 0.427. The van der Waals surface area contributed by atoms with Crippen LogP contribution in [0.2, 0.25) is 0 Å². The Morgan fingerprint density at radius 2 is 2.20 bits per heavy atom. The molecule has 1 aliphatic carbocycles. The SMILES string of the molecule is CCCN(Cc1cc(F)cc2cccnc12)[C@@H]1[C@@H]2CCO[C@H]2C1(C)C. The van der Waals surface area contributed by atoms with Crippen molar-refractivity contribution in [3.8, 4) is 0 Å². The molecule has 2 fully saturated rings. The fourth-order valence-corrected chi connectivity index (χ4v) is 5.21. The number of halogens is 1. The maximum Gasteiger partial charge on any atom is 0.124 e. The van der Waals surface area contributed by atoms with Crippen molar-refractivity contribution in [2.24, 2.45) is 11.3 Å². The Bertz CT molecular complexity index is 776. The molecule has 2 heterocycles. The molecule has 0 spiro atoms. The summed E-state index contributed by atoms with van der Waals surface area (Å²) in [6.45, 7) is 9.48. The molecular weight excluding hydrogens is 315 g/mol. The minimum Gasteiger partial charge on any atom is -0.377 e. The number of aromatic nitrogens is 1. The molecule has 0 N–H and O–H groups in total. The Labute approximate surface area is 149 Å². The average Bonchev–Trinajstić information content (AvgIpc) is 3.01. The van der Waals surface area contributed by atoms with Gasteiger partial charge < -0.3 is 4.74 Å². The van der Waals surface area contributed by atoms with Crippen molar-refractivity contribution < 1.29 is 9.13 Å². The van der Waals surface area contributed by atoms with Crippen LogP contribution in [0.1, 0.15) is 39.2 Å². The van der Waals surface area contributed by atoms with E-state index in [2.05, 4.69) is 30.7 Å². The van der Waals surface area contributed by atoms with Crippen LogP contribution in [0.15, 0.2) is 30.5 Å². The molecular formula is C21H27FN2O. The molecule has 4 rings (SSSR count). The standard InChI is InChI=1S/C21H27FN2O/c1-4-9-24(19-17-7-10-25-20(17)21(19,2)3)13-15-12-16(22)11-14-6-5-8-23-18(14)15/h5-6,8,11-12,17,19-20H,4,7,9-10,13H2,1-3H3/t17-,19+,20+/m0/s1. The highest BCUT2D eigenvalue weighted by Gasteiger charge is 2.60. The molecule has 1 aromatic carbocycles. The lowest BCUT2D eigenvalue weighted by molar-refractivity contribution is -0.157. The van der Waals surface area contributed by atoms with Crippen LogP contribution in [0.25, 0.3) is 10.9 Å². The number of benzene rings is 1. The Morgan fingerprint density at radius 3 is 3.00 bits per heavy atom. The van der Waals surface area contributed by atoms with E-state index >= 15 is 0 Å². The molecule has 2 aromatic rings. The van der Waals surface area contributed by atoms with Crippen molar-refractivity contribution in [3.63, 3.8) is 0 Å². The molecule has 25 heavy (non-hydrogen) atoms. The largest absolute Gasteiger partial charge is 0.377 e. The Kier molecular flexibility index (Phi) is 4.28. The van der Waals surface area contributed by atoms with Crippen molar-refractivity contribution in [1.29, 1.82) is 0 Å². The first-order valence-electron chi connectivity index (χ1n) is 9.41. The van der Waals surface area contributed by atoms with Gasteiger partial charge in [-0.3, -0.25) is 9.88 Å². The number of hydrogen-bond donors (Lipinski definition) is 0. The highest BCUT2D eigenvalue weighted by Crippen LogP contribution is 2.54. The van der Waals surface area contributed by atoms with Gasteiger partial charge in [-0.2, -0.15) is 0 Å². The van der Waals surface area contributed by atoms with Gasteiger partial charge in [0.15, 0.2) is 0 Å². The first kappa shape index (κ1) is 16.9. The van der Waals surface area contributed by atoms with E-state index in [1.165, 1.54) is 0 Å². The minimum atomic E-state index is -0.179. The minimum absolute atomic E-state index is 0.146. The summed E-state index contributed by atoms with van der Waals surface area (Å²) in [6, 6.07) is 7.52. The van der Waals surface area contributed by atoms with Gasteiger partial charge in [0.25, 0.3) is 0 Å². The number of hydrogen-bond acceptors (Lipinski definition) is 3. The molecule has 1 aromatic heterocycles. The zero-order valence-corrected chi connectivity index (χ0v) is 15.3. The molecule has 3 atom stereocenters. The second kappa shape index (κ2) is 6.33. The van der Waals surface area contributed by atoms with E-state index in [9.17, 15) is 4.39 Å². The van der Waals surface area contributed by atoms with Crippen molar-refractivity contribution in [1.82, 2.24) is 9.88 Å². The molecule has 134 valence electrons. The van der Waals surface area contributed by atoms with Crippen LogP contribution in [0.3, 0.4) is 0 Å². The second-order valence-corrected chi connectivity index (χ2v) is 8.12. The average molecular weight is 342 g/mol. The van der Waals surface area contributed by atoms with E-state index in [0.717, 1.165) is 49.0 Å². The fraction of sp³-hybridized carbons (Fsp3) is 0.571. The number of pyridine rings is 1. The topological polar surface area (TPSA) is 25.4 Å². The van der Waals surface area contributed by atoms with Crippen molar-refractivity contribution in [2.45, 2.75) is 52.3 Å². The number of ether oxygens (including phenoxy) is 1. The van der Waals surface area contributed by atoms with Gasteiger partial charge in [0.1, 0.15) is 5.82 Å². The van der Waals surface area contributed by atoms with Gasteiger partial charge in [-0.25, -0.2) is 4.39 Å². The number of nitrogens with zero attached hydrogens (tertiary/aromatic N) is 2. The molecule has 3 nitrogen and oxygen atoms in total. The van der Waals surface area contributed by atoms with E-state index in [4.69, 9.17) is 4.74 Å². The summed E-state index contributed by atoms with van der Waals surface area (Å²) in [7, 11) is 0. The zero-order chi connectivity index (χ0) is 17.6. The van der Waals surface area contributed by atoms with Gasteiger partial charge in [0.05, 0.1) is 11.6 Å². The summed E-state index contributed by atoms with van der Waals surface area (Å²) in [5.41, 5.74) is 2.05. The van der Waals surface area contributed by atoms with Gasteiger partial charge in [0.2, 0.25) is 0 Å². The molecule has 1 saturated carbocycles. The summed E-state index contributed by atoms with van der Waals surface area (Å²) < 4.78 is 20.1. The first-order valence-corrected chi connectivity index (χ1v) is 9.41. The van der Waals surface area contributed by atoms with Gasteiger partial charge >= 0.3 is 0 Å². The zero-order valence-electron chi connectivity index (χ0n) is 15.3. The van der Waals surface area contributed by atoms with Crippen molar-refractivity contribution >= 4 is 10.9 Å². The lowest BCUT2D eigenvalue weighted by atomic mass is 9.56. The van der Waals surface area contributed by atoms with Crippen molar-refractivity contribution in [3.05, 3.63) is 41.8 Å². The lowest BCUT2D eigenvalue weighted by Gasteiger charge is -2.58. The third-order valence-corrected chi connectivity index (χ3v) is 6.06. The highest BCUT2D eigenvalue weighted by molar-refractivity contribution is 5.81. The van der Waals surface area contributed by atoms with E-state index in [0.29, 0.717) is 18.1 Å². The molecule has 0 unspecified atom stereocenters. The highest BCUT2D eigenvalue weighted by atomic mass is 19.1. The number of rotatable bonds is 5. The van der Waals surface area contributed by atoms with E-state index in [-0.39, 0.29) is 11.2 Å². The van der Waals surface area contributed by atoms with Gasteiger partial charge in [-0.15, -0.1) is 0 Å². The van der Waals surface area contributed by atoms with Crippen LogP contribution in [0.5, 0.6) is 0 Å². The Balaban J connectivity index is 1.67. The summed E-state index contributed by atoms with van der Waals surface area (Å²) in [6.07, 6.45) is 4.40. The quantitative estimate of drug-likeness (QED) is 0.805. The Hall–Kier alpha value is -1.52. The molecule has 1 aliphatic heterocycles. The molecule has 0 bridgehead atoms. The fourth-order valence-electron chi connectivity index (χ4n) is 5.21. The summed E-state index contributed by atoms with van der Waals surface area (Å²) in [5, 5.41) is 0.879. The summed E-state index contributed by atoms with van der Waals surface area (Å²) >= 11 is 0. The van der Waals surface area contributed by atoms with Crippen LogP contribution in [-0.4, -0.2) is 35.2 Å².